The van der Waals surface area contributed by atoms with Crippen LogP contribution >= 0.6 is 0 Å². The number of nitrogens with zero attached hydrogens (tertiary/aromatic N) is 4. The highest BCUT2D eigenvalue weighted by Gasteiger charge is 2.05. The molecule has 2 rings (SSSR count). The third-order valence-electron chi connectivity index (χ3n) is 4.13. The van der Waals surface area contributed by atoms with Crippen LogP contribution in [0.25, 0.3) is 0 Å². The zero-order chi connectivity index (χ0) is 18.6. The highest BCUT2D eigenvalue weighted by atomic mass is 16.5. The van der Waals surface area contributed by atoms with Crippen molar-refractivity contribution in [2.75, 3.05) is 33.3 Å². The predicted octanol–water partition coefficient (Wildman–Crippen LogP) is 2.95. The first-order valence-electron chi connectivity index (χ1n) is 9.35. The van der Waals surface area contributed by atoms with Crippen molar-refractivity contribution >= 4 is 5.96 Å². The minimum absolute atomic E-state index is 0.630. The van der Waals surface area contributed by atoms with Gasteiger partial charge in [0.15, 0.2) is 5.96 Å². The summed E-state index contributed by atoms with van der Waals surface area (Å²) in [5.74, 6) is 2.90. The lowest BCUT2D eigenvalue weighted by Crippen LogP contribution is -2.41. The highest BCUT2D eigenvalue weighted by molar-refractivity contribution is 5.79. The number of nitrogens with one attached hydrogen (secondary N) is 1. The topological polar surface area (TPSA) is 54.7 Å². The Morgan fingerprint density at radius 2 is 2.08 bits per heavy atom. The number of hydrogen-bond donors (Lipinski definition) is 1. The number of aromatic nitrogens is 2. The van der Waals surface area contributed by atoms with Crippen LogP contribution in [0.3, 0.4) is 0 Å². The van der Waals surface area contributed by atoms with E-state index in [-0.39, 0.29) is 0 Å². The Morgan fingerprint density at radius 1 is 1.27 bits per heavy atom. The highest BCUT2D eigenvalue weighted by Crippen LogP contribution is 2.07. The molecule has 0 unspecified atom stereocenters. The standard InChI is InChI=1S/C20H31N5O/c1-4-21-20(23-12-8-9-14-25-15-13-22-18(25)2)24(3)16-17-26-19-10-6-5-7-11-19/h5-7,10-11,13,15H,4,8-9,12,14,16-17H2,1-3H3,(H,21,23). The molecule has 26 heavy (non-hydrogen) atoms. The van der Waals surface area contributed by atoms with Crippen LogP contribution < -0.4 is 10.1 Å². The summed E-state index contributed by atoms with van der Waals surface area (Å²) in [5.41, 5.74) is 0. The fourth-order valence-electron chi connectivity index (χ4n) is 2.61. The molecule has 0 fully saturated rings. The van der Waals surface area contributed by atoms with Gasteiger partial charge in [0.1, 0.15) is 18.2 Å². The van der Waals surface area contributed by atoms with Crippen molar-refractivity contribution in [2.45, 2.75) is 33.2 Å². The largest absolute Gasteiger partial charge is 0.492 e. The minimum atomic E-state index is 0.630. The lowest BCUT2D eigenvalue weighted by Gasteiger charge is -2.22. The normalized spacial score (nSPS) is 11.4. The van der Waals surface area contributed by atoms with E-state index in [0.717, 1.165) is 56.6 Å². The Kier molecular flexibility index (Phi) is 8.52. The van der Waals surface area contributed by atoms with Crippen molar-refractivity contribution in [3.63, 3.8) is 0 Å². The number of unbranched alkanes of at least 4 members (excludes halogenated alkanes) is 1. The van der Waals surface area contributed by atoms with Crippen molar-refractivity contribution in [2.24, 2.45) is 4.99 Å². The summed E-state index contributed by atoms with van der Waals surface area (Å²) < 4.78 is 7.95. The SMILES string of the molecule is CCNC(=NCCCCn1ccnc1C)N(C)CCOc1ccccc1. The molecule has 0 spiro atoms. The van der Waals surface area contributed by atoms with Crippen LogP contribution in [0.1, 0.15) is 25.6 Å². The maximum absolute atomic E-state index is 5.77. The van der Waals surface area contributed by atoms with Gasteiger partial charge >= 0.3 is 0 Å². The molecule has 0 aliphatic carbocycles. The predicted molar refractivity (Wildman–Crippen MR) is 107 cm³/mol. The number of aryl methyl sites for hydroxylation is 2. The zero-order valence-electron chi connectivity index (χ0n) is 16.2. The summed E-state index contributed by atoms with van der Waals surface area (Å²) in [6.45, 7) is 8.22. The summed E-state index contributed by atoms with van der Waals surface area (Å²) in [6.07, 6.45) is 6.04. The molecule has 0 amide bonds. The van der Waals surface area contributed by atoms with Gasteiger partial charge in [0.05, 0.1) is 6.54 Å². The molecule has 142 valence electrons. The number of likely N-dealkylation sites (N-methyl/N-ethyl adjacent to an activating group) is 1. The zero-order valence-corrected chi connectivity index (χ0v) is 16.2. The van der Waals surface area contributed by atoms with Crippen LogP contribution in [0.15, 0.2) is 47.7 Å². The molecule has 0 aliphatic heterocycles. The maximum Gasteiger partial charge on any atom is 0.193 e. The third kappa shape index (κ3) is 6.78. The summed E-state index contributed by atoms with van der Waals surface area (Å²) in [5, 5.41) is 3.35. The van der Waals surface area contributed by atoms with Crippen LogP contribution in [0.5, 0.6) is 5.75 Å². The monoisotopic (exact) mass is 357 g/mol. The number of rotatable bonds is 10. The number of para-hydroxylation sites is 1. The van der Waals surface area contributed by atoms with Crippen LogP contribution in [-0.4, -0.2) is 53.7 Å². The van der Waals surface area contributed by atoms with E-state index in [9.17, 15) is 0 Å². The molecule has 1 aromatic carbocycles. The van der Waals surface area contributed by atoms with E-state index in [0.29, 0.717) is 6.61 Å². The molecule has 6 heteroatoms. The number of guanidine groups is 1. The van der Waals surface area contributed by atoms with Crippen LogP contribution in [0.2, 0.25) is 0 Å². The van der Waals surface area contributed by atoms with E-state index < -0.39 is 0 Å². The van der Waals surface area contributed by atoms with Gasteiger partial charge in [-0.1, -0.05) is 18.2 Å². The fourth-order valence-corrected chi connectivity index (χ4v) is 2.61. The molecule has 1 aromatic heterocycles. The first-order valence-corrected chi connectivity index (χ1v) is 9.35. The van der Waals surface area contributed by atoms with E-state index in [4.69, 9.17) is 9.73 Å². The second-order valence-corrected chi connectivity index (χ2v) is 6.19. The molecule has 0 radical (unpaired) electrons. The van der Waals surface area contributed by atoms with Gasteiger partial charge in [-0.05, 0) is 38.8 Å². The Hall–Kier alpha value is -2.50. The Balaban J connectivity index is 1.71. The Morgan fingerprint density at radius 3 is 2.77 bits per heavy atom. The van der Waals surface area contributed by atoms with Crippen LogP contribution in [0.4, 0.5) is 0 Å². The van der Waals surface area contributed by atoms with Crippen molar-refractivity contribution in [3.05, 3.63) is 48.5 Å². The maximum atomic E-state index is 5.77. The number of hydrogen-bond acceptors (Lipinski definition) is 3. The van der Waals surface area contributed by atoms with E-state index in [1.54, 1.807) is 0 Å². The Labute approximate surface area is 156 Å². The first-order chi connectivity index (χ1) is 12.7. The first kappa shape index (κ1) is 19.8. The summed E-state index contributed by atoms with van der Waals surface area (Å²) in [7, 11) is 2.05. The Bertz CT molecular complexity index is 653. The van der Waals surface area contributed by atoms with E-state index >= 15 is 0 Å². The molecule has 2 aromatic rings. The summed E-state index contributed by atoms with van der Waals surface area (Å²) in [4.78, 5) is 11.1. The van der Waals surface area contributed by atoms with E-state index in [1.807, 2.05) is 56.7 Å². The quantitative estimate of drug-likeness (QED) is 0.403. The van der Waals surface area contributed by atoms with E-state index in [1.165, 1.54) is 0 Å². The molecular formula is C20H31N5O. The average Bonchev–Trinajstić information content (AvgIpc) is 3.06. The molecule has 0 atom stereocenters. The second-order valence-electron chi connectivity index (χ2n) is 6.19. The molecule has 6 nitrogen and oxygen atoms in total. The van der Waals surface area contributed by atoms with Crippen molar-refractivity contribution in [1.29, 1.82) is 0 Å². The lowest BCUT2D eigenvalue weighted by atomic mass is 10.3. The van der Waals surface area contributed by atoms with Gasteiger partial charge in [-0.3, -0.25) is 4.99 Å². The number of ether oxygens (including phenoxy) is 1. The summed E-state index contributed by atoms with van der Waals surface area (Å²) >= 11 is 0. The van der Waals surface area contributed by atoms with Crippen LogP contribution in [-0.2, 0) is 6.54 Å². The molecule has 0 saturated heterocycles. The van der Waals surface area contributed by atoms with Gasteiger partial charge in [0, 0.05) is 39.1 Å². The average molecular weight is 358 g/mol. The molecule has 0 saturated carbocycles. The molecule has 1 heterocycles. The van der Waals surface area contributed by atoms with Crippen molar-refractivity contribution in [1.82, 2.24) is 19.8 Å². The number of imidazole rings is 1. The second kappa shape index (κ2) is 11.2. The minimum Gasteiger partial charge on any atom is -0.492 e. The van der Waals surface area contributed by atoms with Gasteiger partial charge in [-0.15, -0.1) is 0 Å². The molecule has 0 bridgehead atoms. The molecular weight excluding hydrogens is 326 g/mol. The smallest absolute Gasteiger partial charge is 0.193 e. The van der Waals surface area contributed by atoms with E-state index in [2.05, 4.69) is 26.7 Å². The third-order valence-corrected chi connectivity index (χ3v) is 4.13. The van der Waals surface area contributed by atoms with Gasteiger partial charge in [-0.25, -0.2) is 4.98 Å². The lowest BCUT2D eigenvalue weighted by molar-refractivity contribution is 0.281. The molecule has 1 N–H and O–H groups in total. The van der Waals surface area contributed by atoms with Crippen molar-refractivity contribution in [3.8, 4) is 5.75 Å². The van der Waals surface area contributed by atoms with Crippen molar-refractivity contribution < 1.29 is 4.74 Å². The number of benzene rings is 1. The van der Waals surface area contributed by atoms with Crippen LogP contribution in [0, 0.1) is 6.92 Å². The van der Waals surface area contributed by atoms with Gasteiger partial charge in [0.25, 0.3) is 0 Å². The fraction of sp³-hybridized carbons (Fsp3) is 0.500. The van der Waals surface area contributed by atoms with Gasteiger partial charge in [0.2, 0.25) is 0 Å². The number of aliphatic imine (C=N–C) groups is 1. The summed E-state index contributed by atoms with van der Waals surface area (Å²) in [6, 6.07) is 9.90. The van der Waals surface area contributed by atoms with Gasteiger partial charge < -0.3 is 19.5 Å². The van der Waals surface area contributed by atoms with Gasteiger partial charge in [-0.2, -0.15) is 0 Å². The molecule has 0 aliphatic rings.